The van der Waals surface area contributed by atoms with Gasteiger partial charge in [-0.1, -0.05) is 55.3 Å². The van der Waals surface area contributed by atoms with Gasteiger partial charge in [-0.2, -0.15) is 0 Å². The van der Waals surface area contributed by atoms with Crippen molar-refractivity contribution < 1.29 is 22.4 Å². The van der Waals surface area contributed by atoms with Gasteiger partial charge in [0.15, 0.2) is 0 Å². The number of hydrogen-bond donors (Lipinski definition) is 1. The first-order valence-corrected chi connectivity index (χ1v) is 16.1. The van der Waals surface area contributed by atoms with Gasteiger partial charge in [-0.05, 0) is 83.0 Å². The lowest BCUT2D eigenvalue weighted by molar-refractivity contribution is -0.140. The summed E-state index contributed by atoms with van der Waals surface area (Å²) < 4.78 is 41.3. The number of anilines is 1. The quantitative estimate of drug-likeness (QED) is 0.293. The first-order chi connectivity index (χ1) is 19.1. The lowest BCUT2D eigenvalue weighted by Gasteiger charge is -2.34. The molecular formula is C30H33FIN3O4S. The maximum atomic E-state index is 14.0. The van der Waals surface area contributed by atoms with Crippen LogP contribution in [0.3, 0.4) is 0 Å². The van der Waals surface area contributed by atoms with Gasteiger partial charge < -0.3 is 10.2 Å². The number of benzene rings is 3. The molecule has 3 aromatic rings. The van der Waals surface area contributed by atoms with Crippen LogP contribution in [0.1, 0.15) is 36.8 Å². The van der Waals surface area contributed by atoms with E-state index in [1.807, 2.05) is 30.3 Å². The highest BCUT2D eigenvalue weighted by molar-refractivity contribution is 14.1. The number of amides is 2. The number of nitrogens with one attached hydrogen (secondary N) is 1. The van der Waals surface area contributed by atoms with Crippen LogP contribution in [0.25, 0.3) is 0 Å². The summed E-state index contributed by atoms with van der Waals surface area (Å²) in [4.78, 5) is 29.3. The summed E-state index contributed by atoms with van der Waals surface area (Å²) in [5.74, 6) is -1.23. The third-order valence-electron chi connectivity index (χ3n) is 7.03. The van der Waals surface area contributed by atoms with Gasteiger partial charge in [-0.15, -0.1) is 0 Å². The number of sulfonamides is 1. The Morgan fingerprint density at radius 2 is 1.57 bits per heavy atom. The number of hydrogen-bond acceptors (Lipinski definition) is 4. The second kappa shape index (κ2) is 13.6. The standard InChI is InChI=1S/C30H33FIN3O4S/c1-40(38,39)35(27-17-15-25(32)16-18-27)21-29(36)34(20-23-11-13-24(31)14-12-23)28(19-22-7-3-2-4-8-22)30(37)33-26-9-5-6-10-26/h2-4,7-8,11-18,26,28H,5-6,9-10,19-21H2,1H3,(H,33,37)/t28-/m1/s1. The molecule has 7 nitrogen and oxygen atoms in total. The molecule has 40 heavy (non-hydrogen) atoms. The maximum Gasteiger partial charge on any atom is 0.244 e. The Hall–Kier alpha value is -2.99. The fourth-order valence-electron chi connectivity index (χ4n) is 4.93. The van der Waals surface area contributed by atoms with E-state index in [2.05, 4.69) is 27.9 Å². The summed E-state index contributed by atoms with van der Waals surface area (Å²) in [5, 5.41) is 3.13. The van der Waals surface area contributed by atoms with E-state index in [9.17, 15) is 22.4 Å². The molecule has 1 atom stereocenters. The number of nitrogens with zero attached hydrogens (tertiary/aromatic N) is 2. The van der Waals surface area contributed by atoms with Crippen molar-refractivity contribution in [3.8, 4) is 0 Å². The molecule has 3 aromatic carbocycles. The second-order valence-electron chi connectivity index (χ2n) is 10.1. The highest BCUT2D eigenvalue weighted by Gasteiger charge is 2.34. The van der Waals surface area contributed by atoms with Crippen LogP contribution < -0.4 is 9.62 Å². The molecule has 0 aliphatic heterocycles. The zero-order valence-corrected chi connectivity index (χ0v) is 25.3. The first-order valence-electron chi connectivity index (χ1n) is 13.2. The SMILES string of the molecule is CS(=O)(=O)N(CC(=O)N(Cc1ccc(F)cc1)[C@H](Cc1ccccc1)C(=O)NC1CCCC1)c1ccc(I)cc1. The summed E-state index contributed by atoms with van der Waals surface area (Å²) in [6.45, 7) is -0.471. The molecule has 1 aliphatic rings. The van der Waals surface area contributed by atoms with Crippen molar-refractivity contribution in [2.75, 3.05) is 17.1 Å². The molecule has 212 valence electrons. The molecule has 0 bridgehead atoms. The fourth-order valence-corrected chi connectivity index (χ4v) is 6.14. The Morgan fingerprint density at radius 1 is 0.950 bits per heavy atom. The third-order valence-corrected chi connectivity index (χ3v) is 8.89. The van der Waals surface area contributed by atoms with Gasteiger partial charge in [0.1, 0.15) is 18.4 Å². The van der Waals surface area contributed by atoms with Crippen LogP contribution in [0.5, 0.6) is 0 Å². The minimum Gasteiger partial charge on any atom is -0.352 e. The fraction of sp³-hybridized carbons (Fsp3) is 0.333. The van der Waals surface area contributed by atoms with E-state index in [4.69, 9.17) is 0 Å². The van der Waals surface area contributed by atoms with Crippen LogP contribution in [0.2, 0.25) is 0 Å². The number of rotatable bonds is 11. The third kappa shape index (κ3) is 8.26. The van der Waals surface area contributed by atoms with E-state index in [0.29, 0.717) is 11.3 Å². The van der Waals surface area contributed by atoms with Crippen molar-refractivity contribution in [2.45, 2.75) is 50.7 Å². The van der Waals surface area contributed by atoms with Crippen LogP contribution in [-0.4, -0.2) is 50.0 Å². The van der Waals surface area contributed by atoms with Gasteiger partial charge >= 0.3 is 0 Å². The Kier molecular flexibility index (Phi) is 10.2. The predicted molar refractivity (Wildman–Crippen MR) is 163 cm³/mol. The number of carbonyl (C=O) groups is 2. The summed E-state index contributed by atoms with van der Waals surface area (Å²) in [7, 11) is -3.83. The molecule has 2 amide bonds. The summed E-state index contributed by atoms with van der Waals surface area (Å²) >= 11 is 2.12. The molecule has 0 unspecified atom stereocenters. The zero-order chi connectivity index (χ0) is 28.7. The summed E-state index contributed by atoms with van der Waals surface area (Å²) in [6, 6.07) is 21.1. The van der Waals surface area contributed by atoms with E-state index < -0.39 is 34.3 Å². The topological polar surface area (TPSA) is 86.8 Å². The molecule has 4 rings (SSSR count). The Labute approximate surface area is 248 Å². The molecule has 1 saturated carbocycles. The van der Waals surface area contributed by atoms with Crippen LogP contribution in [-0.2, 0) is 32.6 Å². The molecule has 1 N–H and O–H groups in total. The smallest absolute Gasteiger partial charge is 0.244 e. The van der Waals surface area contributed by atoms with Crippen LogP contribution in [0.15, 0.2) is 78.9 Å². The van der Waals surface area contributed by atoms with Crippen LogP contribution in [0.4, 0.5) is 10.1 Å². The van der Waals surface area contributed by atoms with Gasteiger partial charge in [0.25, 0.3) is 0 Å². The van der Waals surface area contributed by atoms with Crippen molar-refractivity contribution >= 4 is 50.1 Å². The lowest BCUT2D eigenvalue weighted by atomic mass is 10.0. The Balaban J connectivity index is 1.71. The van der Waals surface area contributed by atoms with Gasteiger partial charge in [0, 0.05) is 22.6 Å². The average Bonchev–Trinajstić information content (AvgIpc) is 3.44. The van der Waals surface area contributed by atoms with E-state index >= 15 is 0 Å². The van der Waals surface area contributed by atoms with E-state index in [1.54, 1.807) is 36.4 Å². The van der Waals surface area contributed by atoms with E-state index in [-0.39, 0.29) is 24.9 Å². The van der Waals surface area contributed by atoms with Crippen molar-refractivity contribution in [3.63, 3.8) is 0 Å². The van der Waals surface area contributed by atoms with Crippen molar-refractivity contribution in [2.24, 2.45) is 0 Å². The van der Waals surface area contributed by atoms with Crippen LogP contribution in [0, 0.1) is 9.39 Å². The first kappa shape index (κ1) is 30.0. The molecule has 0 radical (unpaired) electrons. The number of halogens is 2. The van der Waals surface area contributed by atoms with Gasteiger partial charge in [0.05, 0.1) is 11.9 Å². The minimum atomic E-state index is -3.83. The largest absolute Gasteiger partial charge is 0.352 e. The maximum absolute atomic E-state index is 14.0. The molecule has 0 spiro atoms. The zero-order valence-electron chi connectivity index (χ0n) is 22.3. The monoisotopic (exact) mass is 677 g/mol. The van der Waals surface area contributed by atoms with Gasteiger partial charge in [-0.3, -0.25) is 13.9 Å². The number of carbonyl (C=O) groups excluding carboxylic acids is 2. The van der Waals surface area contributed by atoms with Gasteiger partial charge in [-0.25, -0.2) is 12.8 Å². The second-order valence-corrected chi connectivity index (χ2v) is 13.2. The van der Waals surface area contributed by atoms with Crippen molar-refractivity contribution in [1.29, 1.82) is 0 Å². The van der Waals surface area contributed by atoms with E-state index in [1.165, 1.54) is 17.0 Å². The van der Waals surface area contributed by atoms with E-state index in [0.717, 1.165) is 45.4 Å². The molecule has 10 heteroatoms. The average molecular weight is 678 g/mol. The molecular weight excluding hydrogens is 644 g/mol. The summed E-state index contributed by atoms with van der Waals surface area (Å²) in [6.07, 6.45) is 5.12. The normalized spacial score (nSPS) is 14.5. The molecule has 0 heterocycles. The Morgan fingerprint density at radius 3 is 2.17 bits per heavy atom. The molecule has 1 aliphatic carbocycles. The minimum absolute atomic E-state index is 0.0129. The van der Waals surface area contributed by atoms with Crippen LogP contribution >= 0.6 is 22.6 Å². The molecule has 0 saturated heterocycles. The summed E-state index contributed by atoms with van der Waals surface area (Å²) in [5.41, 5.74) is 1.85. The highest BCUT2D eigenvalue weighted by Crippen LogP contribution is 2.23. The van der Waals surface area contributed by atoms with Crippen molar-refractivity contribution in [3.05, 3.63) is 99.4 Å². The van der Waals surface area contributed by atoms with Gasteiger partial charge in [0.2, 0.25) is 21.8 Å². The highest BCUT2D eigenvalue weighted by atomic mass is 127. The molecule has 0 aromatic heterocycles. The predicted octanol–water partition coefficient (Wildman–Crippen LogP) is 4.90. The molecule has 1 fully saturated rings. The Bertz CT molecular complexity index is 1400. The lowest BCUT2D eigenvalue weighted by Crippen LogP contribution is -2.54. The van der Waals surface area contributed by atoms with Crippen molar-refractivity contribution in [1.82, 2.24) is 10.2 Å².